The topological polar surface area (TPSA) is 55.7 Å². The third-order valence-corrected chi connectivity index (χ3v) is 8.25. The van der Waals surface area contributed by atoms with E-state index < -0.39 is 26.7 Å². The van der Waals surface area contributed by atoms with E-state index in [1.54, 1.807) is 18.2 Å². The second-order valence-corrected chi connectivity index (χ2v) is 11.0. The number of sulfone groups is 1. The maximum atomic E-state index is 13.3. The third kappa shape index (κ3) is 3.74. The molecule has 0 bridgehead atoms. The number of nitrogens with zero attached hydrogens (tertiary/aromatic N) is 1. The van der Waals surface area contributed by atoms with Crippen LogP contribution in [0.4, 0.5) is 4.39 Å². The molecule has 0 aromatic heterocycles. The molecule has 0 spiro atoms. The van der Waals surface area contributed by atoms with Gasteiger partial charge in [0, 0.05) is 17.7 Å². The van der Waals surface area contributed by atoms with Gasteiger partial charge in [-0.1, -0.05) is 26.0 Å². The molecule has 4 nitrogen and oxygen atoms in total. The van der Waals surface area contributed by atoms with Gasteiger partial charge >= 0.3 is 0 Å². The van der Waals surface area contributed by atoms with Crippen molar-refractivity contribution in [1.82, 2.24) is 0 Å². The van der Waals surface area contributed by atoms with Crippen LogP contribution < -0.4 is 0 Å². The molecular weight excluding hydrogens is 365 g/mol. The van der Waals surface area contributed by atoms with Crippen LogP contribution in [0.1, 0.15) is 39.2 Å². The standard InChI is InChI=1S/C21H28FNO3S/c1-15-6-5-7-17(10-15)27(24,25)21(4)8-9-26-18(12-21)16-11-19(23-13-16)20(2,3)14-22/h5-7,10-11,18H,8-9,12-14H2,1-4H3. The molecule has 1 fully saturated rings. The van der Waals surface area contributed by atoms with E-state index in [9.17, 15) is 12.8 Å². The number of aryl methyl sites for hydroxylation is 1. The molecule has 148 valence electrons. The van der Waals surface area contributed by atoms with Crippen LogP contribution in [0.2, 0.25) is 0 Å². The van der Waals surface area contributed by atoms with E-state index in [0.717, 1.165) is 16.8 Å². The lowest BCUT2D eigenvalue weighted by Crippen LogP contribution is -2.45. The first-order valence-electron chi connectivity index (χ1n) is 9.33. The summed E-state index contributed by atoms with van der Waals surface area (Å²) in [4.78, 5) is 4.83. The summed E-state index contributed by atoms with van der Waals surface area (Å²) in [6.45, 7) is 7.68. The SMILES string of the molecule is Cc1cccc(S(=O)(=O)C2(C)CCOC(C3=CC(C(C)(C)CF)=NC3)C2)c1. The summed E-state index contributed by atoms with van der Waals surface area (Å²) in [6.07, 6.45) is 2.43. The van der Waals surface area contributed by atoms with Crippen LogP contribution >= 0.6 is 0 Å². The summed E-state index contributed by atoms with van der Waals surface area (Å²) < 4.78 is 45.0. The van der Waals surface area contributed by atoms with Crippen molar-refractivity contribution in [3.63, 3.8) is 0 Å². The Morgan fingerprint density at radius 2 is 2.11 bits per heavy atom. The molecule has 1 saturated heterocycles. The summed E-state index contributed by atoms with van der Waals surface area (Å²) in [6, 6.07) is 7.06. The number of allylic oxidation sites excluding steroid dienone is 1. The first-order valence-corrected chi connectivity index (χ1v) is 10.8. The molecule has 0 aliphatic carbocycles. The fraction of sp³-hybridized carbons (Fsp3) is 0.571. The molecule has 1 aromatic rings. The van der Waals surface area contributed by atoms with Gasteiger partial charge in [-0.25, -0.2) is 8.42 Å². The molecule has 0 amide bonds. The number of benzene rings is 1. The minimum atomic E-state index is -3.50. The first-order chi connectivity index (χ1) is 12.6. The molecule has 2 heterocycles. The van der Waals surface area contributed by atoms with E-state index >= 15 is 0 Å². The van der Waals surface area contributed by atoms with Gasteiger partial charge in [0.2, 0.25) is 0 Å². The molecule has 2 aliphatic heterocycles. The highest BCUT2D eigenvalue weighted by Gasteiger charge is 2.46. The second kappa shape index (κ2) is 7.13. The summed E-state index contributed by atoms with van der Waals surface area (Å²) >= 11 is 0. The Morgan fingerprint density at radius 1 is 1.37 bits per heavy atom. The van der Waals surface area contributed by atoms with Gasteiger partial charge < -0.3 is 4.74 Å². The van der Waals surface area contributed by atoms with Gasteiger partial charge in [-0.15, -0.1) is 0 Å². The normalized spacial score (nSPS) is 26.6. The largest absolute Gasteiger partial charge is 0.374 e. The quantitative estimate of drug-likeness (QED) is 0.757. The maximum Gasteiger partial charge on any atom is 0.184 e. The molecule has 2 unspecified atom stereocenters. The number of ether oxygens (including phenoxy) is 1. The smallest absolute Gasteiger partial charge is 0.184 e. The lowest BCUT2D eigenvalue weighted by Gasteiger charge is -2.38. The highest BCUT2D eigenvalue weighted by Crippen LogP contribution is 2.39. The van der Waals surface area contributed by atoms with Gasteiger partial charge in [0.1, 0.15) is 6.67 Å². The Labute approximate surface area is 161 Å². The number of hydrogen-bond acceptors (Lipinski definition) is 4. The summed E-state index contributed by atoms with van der Waals surface area (Å²) in [5.74, 6) is 0. The van der Waals surface area contributed by atoms with E-state index in [4.69, 9.17) is 4.74 Å². The summed E-state index contributed by atoms with van der Waals surface area (Å²) in [7, 11) is -3.50. The molecule has 2 atom stereocenters. The number of hydrogen-bond donors (Lipinski definition) is 0. The minimum absolute atomic E-state index is 0.306. The Hall–Kier alpha value is -1.53. The molecule has 2 aliphatic rings. The zero-order valence-electron chi connectivity index (χ0n) is 16.5. The molecule has 0 saturated carbocycles. The molecule has 1 aromatic carbocycles. The molecule has 0 N–H and O–H groups in total. The second-order valence-electron chi connectivity index (χ2n) is 8.52. The van der Waals surface area contributed by atoms with E-state index in [-0.39, 0.29) is 6.10 Å². The average Bonchev–Trinajstić information content (AvgIpc) is 3.13. The highest BCUT2D eigenvalue weighted by atomic mass is 32.2. The van der Waals surface area contributed by atoms with Crippen LogP contribution in [0, 0.1) is 12.3 Å². The predicted octanol–water partition coefficient (Wildman–Crippen LogP) is 4.08. The van der Waals surface area contributed by atoms with E-state index in [2.05, 4.69) is 4.99 Å². The van der Waals surface area contributed by atoms with Gasteiger partial charge in [0.15, 0.2) is 9.84 Å². The van der Waals surface area contributed by atoms with Crippen molar-refractivity contribution >= 4 is 15.5 Å². The van der Waals surface area contributed by atoms with Gasteiger partial charge in [-0.2, -0.15) is 0 Å². The van der Waals surface area contributed by atoms with E-state index in [1.807, 2.05) is 39.8 Å². The number of alkyl halides is 1. The highest BCUT2D eigenvalue weighted by molar-refractivity contribution is 7.92. The van der Waals surface area contributed by atoms with Gasteiger partial charge in [0.25, 0.3) is 0 Å². The lowest BCUT2D eigenvalue weighted by atomic mass is 9.87. The van der Waals surface area contributed by atoms with E-state index in [1.165, 1.54) is 0 Å². The predicted molar refractivity (Wildman–Crippen MR) is 106 cm³/mol. The number of halogens is 1. The third-order valence-electron chi connectivity index (χ3n) is 5.71. The Balaban J connectivity index is 1.85. The Kier molecular flexibility index (Phi) is 5.34. The Bertz CT molecular complexity index is 888. The molecular formula is C21H28FNO3S. The maximum absolute atomic E-state index is 13.3. The van der Waals surface area contributed by atoms with Gasteiger partial charge in [-0.3, -0.25) is 9.38 Å². The first kappa shape index (κ1) is 20.2. The van der Waals surface area contributed by atoms with Gasteiger partial charge in [0.05, 0.1) is 22.3 Å². The molecule has 3 rings (SSSR count). The van der Waals surface area contributed by atoms with Crippen molar-refractivity contribution in [3.05, 3.63) is 41.5 Å². The van der Waals surface area contributed by atoms with Crippen molar-refractivity contribution < 1.29 is 17.5 Å². The van der Waals surface area contributed by atoms with Crippen LogP contribution in [0.25, 0.3) is 0 Å². The van der Waals surface area contributed by atoms with Crippen LogP contribution in [0.15, 0.2) is 45.8 Å². The van der Waals surface area contributed by atoms with Crippen molar-refractivity contribution in [2.75, 3.05) is 19.8 Å². The van der Waals surface area contributed by atoms with E-state index in [0.29, 0.717) is 30.9 Å². The fourth-order valence-electron chi connectivity index (χ4n) is 3.64. The van der Waals surface area contributed by atoms with Crippen molar-refractivity contribution in [2.24, 2.45) is 10.4 Å². The van der Waals surface area contributed by atoms with Crippen LogP contribution in [-0.4, -0.2) is 44.8 Å². The minimum Gasteiger partial charge on any atom is -0.374 e. The fourth-order valence-corrected chi connectivity index (χ4v) is 5.53. The zero-order chi connectivity index (χ0) is 19.9. The van der Waals surface area contributed by atoms with Crippen LogP contribution in [0.3, 0.4) is 0 Å². The summed E-state index contributed by atoms with van der Waals surface area (Å²) in [5, 5.41) is 0. The summed E-state index contributed by atoms with van der Waals surface area (Å²) in [5.41, 5.74) is 1.95. The number of aliphatic imine (C=N–C) groups is 1. The average molecular weight is 394 g/mol. The van der Waals surface area contributed by atoms with Crippen LogP contribution in [-0.2, 0) is 14.6 Å². The molecule has 27 heavy (non-hydrogen) atoms. The molecule has 6 heteroatoms. The Morgan fingerprint density at radius 3 is 2.78 bits per heavy atom. The van der Waals surface area contributed by atoms with Gasteiger partial charge in [-0.05, 0) is 56.0 Å². The lowest BCUT2D eigenvalue weighted by molar-refractivity contribution is 0.0236. The van der Waals surface area contributed by atoms with Crippen LogP contribution in [0.5, 0.6) is 0 Å². The van der Waals surface area contributed by atoms with Crippen molar-refractivity contribution in [1.29, 1.82) is 0 Å². The number of rotatable bonds is 5. The zero-order valence-corrected chi connectivity index (χ0v) is 17.3. The monoisotopic (exact) mass is 393 g/mol. The molecule has 0 radical (unpaired) electrons. The van der Waals surface area contributed by atoms with Crippen molar-refractivity contribution in [2.45, 2.75) is 56.3 Å². The van der Waals surface area contributed by atoms with Crippen molar-refractivity contribution in [3.8, 4) is 0 Å².